The van der Waals surface area contributed by atoms with E-state index in [9.17, 15) is 9.59 Å². The number of carbonyl (C=O) groups is 2. The number of aromatic carboxylic acids is 1. The normalized spacial score (nSPS) is 10.1. The summed E-state index contributed by atoms with van der Waals surface area (Å²) in [7, 11) is 1.34. The minimum absolute atomic E-state index is 0.0757. The first-order chi connectivity index (χ1) is 9.52. The second kappa shape index (κ2) is 5.89. The molecule has 0 aliphatic heterocycles. The molecule has 104 valence electrons. The van der Waals surface area contributed by atoms with Crippen molar-refractivity contribution < 1.29 is 19.4 Å². The van der Waals surface area contributed by atoms with E-state index in [0.29, 0.717) is 4.88 Å². The predicted octanol–water partition coefficient (Wildman–Crippen LogP) is 2.76. The van der Waals surface area contributed by atoms with Gasteiger partial charge in [0.05, 0.1) is 29.5 Å². The number of amides is 1. The van der Waals surface area contributed by atoms with Gasteiger partial charge in [-0.1, -0.05) is 11.6 Å². The Labute approximate surface area is 123 Å². The van der Waals surface area contributed by atoms with Gasteiger partial charge in [0.25, 0.3) is 5.91 Å². The Bertz CT molecular complexity index is 658. The summed E-state index contributed by atoms with van der Waals surface area (Å²) in [6.45, 7) is 0. The molecule has 2 aromatic rings. The molecule has 0 aliphatic rings. The average molecular weight is 313 g/mol. The SMILES string of the molecule is COc1cc(NC(=O)c2cncs2)c(Cl)cc1C(=O)O. The van der Waals surface area contributed by atoms with E-state index in [1.54, 1.807) is 0 Å². The number of hydrogen-bond acceptors (Lipinski definition) is 5. The molecule has 1 aromatic carbocycles. The van der Waals surface area contributed by atoms with Gasteiger partial charge in [-0.25, -0.2) is 4.79 Å². The highest BCUT2D eigenvalue weighted by Gasteiger charge is 2.17. The number of hydrogen-bond donors (Lipinski definition) is 2. The molecule has 0 atom stereocenters. The number of rotatable bonds is 4. The van der Waals surface area contributed by atoms with E-state index in [2.05, 4.69) is 10.3 Å². The Morgan fingerprint density at radius 2 is 2.20 bits per heavy atom. The van der Waals surface area contributed by atoms with Gasteiger partial charge in [0.15, 0.2) is 0 Å². The van der Waals surface area contributed by atoms with Gasteiger partial charge < -0.3 is 15.2 Å². The van der Waals surface area contributed by atoms with E-state index in [1.807, 2.05) is 0 Å². The van der Waals surface area contributed by atoms with Gasteiger partial charge in [-0.3, -0.25) is 9.78 Å². The Morgan fingerprint density at radius 3 is 2.75 bits per heavy atom. The molecule has 0 saturated heterocycles. The second-order valence-corrected chi connectivity index (χ2v) is 4.95. The molecule has 2 N–H and O–H groups in total. The molecule has 1 heterocycles. The van der Waals surface area contributed by atoms with Crippen LogP contribution in [0.5, 0.6) is 5.75 Å². The number of benzene rings is 1. The highest BCUT2D eigenvalue weighted by molar-refractivity contribution is 7.11. The lowest BCUT2D eigenvalue weighted by molar-refractivity contribution is 0.0693. The van der Waals surface area contributed by atoms with Gasteiger partial charge in [0.1, 0.15) is 16.2 Å². The van der Waals surface area contributed by atoms with Crippen molar-refractivity contribution in [2.45, 2.75) is 0 Å². The number of nitrogens with zero attached hydrogens (tertiary/aromatic N) is 1. The van der Waals surface area contributed by atoms with Crippen LogP contribution in [0, 0.1) is 0 Å². The van der Waals surface area contributed by atoms with Crippen LogP contribution < -0.4 is 10.1 Å². The number of aromatic nitrogens is 1. The monoisotopic (exact) mass is 312 g/mol. The Morgan fingerprint density at radius 1 is 1.45 bits per heavy atom. The summed E-state index contributed by atoms with van der Waals surface area (Å²) in [6, 6.07) is 2.59. The Balaban J connectivity index is 2.33. The number of thiazole rings is 1. The zero-order chi connectivity index (χ0) is 14.7. The Kier molecular flexibility index (Phi) is 4.21. The van der Waals surface area contributed by atoms with Crippen molar-refractivity contribution in [3.05, 3.63) is 39.3 Å². The topological polar surface area (TPSA) is 88.5 Å². The highest BCUT2D eigenvalue weighted by Crippen LogP contribution is 2.31. The van der Waals surface area contributed by atoms with Crippen LogP contribution in [0.15, 0.2) is 23.8 Å². The van der Waals surface area contributed by atoms with Gasteiger partial charge in [0, 0.05) is 6.07 Å². The number of nitrogens with one attached hydrogen (secondary N) is 1. The van der Waals surface area contributed by atoms with Crippen LogP contribution >= 0.6 is 22.9 Å². The zero-order valence-corrected chi connectivity index (χ0v) is 11.8. The van der Waals surface area contributed by atoms with Gasteiger partial charge >= 0.3 is 5.97 Å². The van der Waals surface area contributed by atoms with Crippen molar-refractivity contribution in [1.29, 1.82) is 0 Å². The van der Waals surface area contributed by atoms with Crippen LogP contribution in [-0.2, 0) is 0 Å². The Hall–Kier alpha value is -2.12. The number of carboxylic acids is 1. The van der Waals surface area contributed by atoms with Crippen molar-refractivity contribution in [3.8, 4) is 5.75 Å². The van der Waals surface area contributed by atoms with Crippen LogP contribution in [-0.4, -0.2) is 29.1 Å². The average Bonchev–Trinajstić information content (AvgIpc) is 2.94. The number of methoxy groups -OCH3 is 1. The summed E-state index contributed by atoms with van der Waals surface area (Å²) < 4.78 is 4.97. The van der Waals surface area contributed by atoms with Gasteiger partial charge in [-0.15, -0.1) is 11.3 Å². The minimum Gasteiger partial charge on any atom is -0.496 e. The molecule has 2 rings (SSSR count). The molecule has 8 heteroatoms. The molecule has 0 fully saturated rings. The van der Waals surface area contributed by atoms with Crippen LogP contribution in [0.2, 0.25) is 5.02 Å². The van der Waals surface area contributed by atoms with Crippen LogP contribution in [0.3, 0.4) is 0 Å². The van der Waals surface area contributed by atoms with E-state index in [0.717, 1.165) is 0 Å². The van der Waals surface area contributed by atoms with E-state index in [1.165, 1.54) is 42.3 Å². The smallest absolute Gasteiger partial charge is 0.339 e. The third-order valence-electron chi connectivity index (χ3n) is 2.42. The number of ether oxygens (including phenoxy) is 1. The van der Waals surface area contributed by atoms with Crippen molar-refractivity contribution in [3.63, 3.8) is 0 Å². The molecule has 0 bridgehead atoms. The maximum Gasteiger partial charge on any atom is 0.339 e. The lowest BCUT2D eigenvalue weighted by Crippen LogP contribution is -2.11. The third-order valence-corrected chi connectivity index (χ3v) is 3.51. The minimum atomic E-state index is -1.16. The van der Waals surface area contributed by atoms with E-state index in [-0.39, 0.29) is 27.9 Å². The second-order valence-electron chi connectivity index (χ2n) is 3.66. The summed E-state index contributed by atoms with van der Waals surface area (Å²) in [6.07, 6.45) is 1.43. The van der Waals surface area contributed by atoms with Crippen LogP contribution in [0.1, 0.15) is 20.0 Å². The number of carboxylic acid groups (broad SMARTS) is 1. The molecular formula is C12H9ClN2O4S. The largest absolute Gasteiger partial charge is 0.496 e. The molecule has 20 heavy (non-hydrogen) atoms. The molecule has 0 aliphatic carbocycles. The van der Waals surface area contributed by atoms with E-state index in [4.69, 9.17) is 21.4 Å². The third kappa shape index (κ3) is 2.89. The van der Waals surface area contributed by atoms with E-state index >= 15 is 0 Å². The predicted molar refractivity (Wildman–Crippen MR) is 75.0 cm³/mol. The molecule has 0 radical (unpaired) electrons. The van der Waals surface area contributed by atoms with Crippen LogP contribution in [0.25, 0.3) is 0 Å². The first-order valence-corrected chi connectivity index (χ1v) is 6.59. The zero-order valence-electron chi connectivity index (χ0n) is 10.2. The lowest BCUT2D eigenvalue weighted by atomic mass is 10.1. The van der Waals surface area contributed by atoms with Crippen molar-refractivity contribution in [2.24, 2.45) is 0 Å². The fourth-order valence-corrected chi connectivity index (χ4v) is 2.22. The summed E-state index contributed by atoms with van der Waals surface area (Å²) >= 11 is 7.14. The summed E-state index contributed by atoms with van der Waals surface area (Å²) in [4.78, 5) is 27.1. The van der Waals surface area contributed by atoms with Crippen molar-refractivity contribution >= 4 is 40.5 Å². The summed E-state index contributed by atoms with van der Waals surface area (Å²) in [5.74, 6) is -1.43. The number of carbonyl (C=O) groups excluding carboxylic acids is 1. The highest BCUT2D eigenvalue weighted by atomic mass is 35.5. The molecule has 0 spiro atoms. The maximum absolute atomic E-state index is 11.9. The molecular weight excluding hydrogens is 304 g/mol. The number of anilines is 1. The number of halogens is 1. The fourth-order valence-electron chi connectivity index (χ4n) is 1.50. The maximum atomic E-state index is 11.9. The molecule has 1 amide bonds. The van der Waals surface area contributed by atoms with Crippen molar-refractivity contribution in [2.75, 3.05) is 12.4 Å². The molecule has 6 nitrogen and oxygen atoms in total. The fraction of sp³-hybridized carbons (Fsp3) is 0.0833. The van der Waals surface area contributed by atoms with Gasteiger partial charge in [0.2, 0.25) is 0 Å². The first kappa shape index (κ1) is 14.3. The van der Waals surface area contributed by atoms with Crippen LogP contribution in [0.4, 0.5) is 5.69 Å². The van der Waals surface area contributed by atoms with Crippen molar-refractivity contribution in [1.82, 2.24) is 4.98 Å². The summed E-state index contributed by atoms with van der Waals surface area (Å²) in [5, 5.41) is 11.7. The lowest BCUT2D eigenvalue weighted by Gasteiger charge is -2.10. The van der Waals surface area contributed by atoms with Gasteiger partial charge in [-0.2, -0.15) is 0 Å². The quantitative estimate of drug-likeness (QED) is 0.906. The van der Waals surface area contributed by atoms with Gasteiger partial charge in [-0.05, 0) is 6.07 Å². The first-order valence-electron chi connectivity index (χ1n) is 5.33. The molecule has 0 unspecified atom stereocenters. The van der Waals surface area contributed by atoms with E-state index < -0.39 is 5.97 Å². The standard InChI is InChI=1S/C12H9ClN2O4S/c1-19-9-3-8(7(13)2-6(9)12(17)18)15-11(16)10-4-14-5-20-10/h2-5H,1H3,(H,15,16)(H,17,18). The summed E-state index contributed by atoms with van der Waals surface area (Å²) in [5.41, 5.74) is 1.73. The molecule has 0 saturated carbocycles. The molecule has 1 aromatic heterocycles.